The number of thioether (sulfide) groups is 1. The summed E-state index contributed by atoms with van der Waals surface area (Å²) in [7, 11) is 0. The van der Waals surface area contributed by atoms with Crippen LogP contribution < -0.4 is 0 Å². The molecule has 140 valence electrons. The Balaban J connectivity index is 2.17. The van der Waals surface area contributed by atoms with Crippen LogP contribution in [0.2, 0.25) is 0 Å². The lowest BCUT2D eigenvalue weighted by molar-refractivity contribution is -0.140. The van der Waals surface area contributed by atoms with E-state index < -0.39 is 17.1 Å². The molecule has 0 N–H and O–H groups in total. The third kappa shape index (κ3) is 5.40. The number of halogens is 3. The standard InChI is InChI=1S/C19H26F3NOS/c1-13(12-18(2,3)4)11-16(24)23-9-10-25-17(23)14-7-5-6-8-15(14)19(20,21)22/h5-8,13,17H,9-12H2,1-4H3. The maximum atomic E-state index is 13.3. The van der Waals surface area contributed by atoms with Crippen molar-refractivity contribution >= 4 is 17.7 Å². The Kier molecular flexibility index (Phi) is 6.13. The Hall–Kier alpha value is -1.17. The van der Waals surface area contributed by atoms with Crippen molar-refractivity contribution in [2.75, 3.05) is 12.3 Å². The SMILES string of the molecule is CC(CC(=O)N1CCSC1c1ccccc1C(F)(F)F)CC(C)(C)C. The molecule has 25 heavy (non-hydrogen) atoms. The highest BCUT2D eigenvalue weighted by Gasteiger charge is 2.39. The molecule has 1 saturated heterocycles. The molecule has 6 heteroatoms. The Bertz CT molecular complexity index is 609. The van der Waals surface area contributed by atoms with E-state index in [1.165, 1.54) is 23.9 Å². The smallest absolute Gasteiger partial charge is 0.326 e. The van der Waals surface area contributed by atoms with Gasteiger partial charge in [0, 0.05) is 18.7 Å². The number of hydrogen-bond donors (Lipinski definition) is 0. The fourth-order valence-electron chi connectivity index (χ4n) is 3.49. The van der Waals surface area contributed by atoms with E-state index in [-0.39, 0.29) is 22.8 Å². The zero-order chi connectivity index (χ0) is 18.8. The normalized spacial score (nSPS) is 20.0. The largest absolute Gasteiger partial charge is 0.416 e. The van der Waals surface area contributed by atoms with E-state index in [9.17, 15) is 18.0 Å². The highest BCUT2D eigenvalue weighted by atomic mass is 32.2. The second-order valence-corrected chi connectivity index (χ2v) is 9.16. The van der Waals surface area contributed by atoms with Gasteiger partial charge in [-0.3, -0.25) is 4.79 Å². The van der Waals surface area contributed by atoms with Gasteiger partial charge in [0.15, 0.2) is 0 Å². The van der Waals surface area contributed by atoms with Gasteiger partial charge in [-0.25, -0.2) is 0 Å². The van der Waals surface area contributed by atoms with Gasteiger partial charge in [-0.15, -0.1) is 11.8 Å². The summed E-state index contributed by atoms with van der Waals surface area (Å²) < 4.78 is 39.9. The molecule has 1 aliphatic rings. The first-order chi connectivity index (χ1) is 11.5. The van der Waals surface area contributed by atoms with Crippen molar-refractivity contribution in [1.82, 2.24) is 4.90 Å². The minimum absolute atomic E-state index is 0.0521. The predicted octanol–water partition coefficient (Wildman–Crippen LogP) is 5.74. The van der Waals surface area contributed by atoms with E-state index in [0.29, 0.717) is 18.7 Å². The highest BCUT2D eigenvalue weighted by Crippen LogP contribution is 2.44. The summed E-state index contributed by atoms with van der Waals surface area (Å²) in [6, 6.07) is 5.58. The van der Waals surface area contributed by atoms with Crippen LogP contribution in [0.25, 0.3) is 0 Å². The summed E-state index contributed by atoms with van der Waals surface area (Å²) in [5, 5.41) is -0.549. The molecular formula is C19H26F3NOS. The quantitative estimate of drug-likeness (QED) is 0.670. The molecule has 1 aromatic carbocycles. The molecule has 0 radical (unpaired) electrons. The summed E-state index contributed by atoms with van der Waals surface area (Å²) in [5.74, 6) is 0.816. The summed E-state index contributed by atoms with van der Waals surface area (Å²) >= 11 is 1.41. The lowest BCUT2D eigenvalue weighted by Crippen LogP contribution is -2.32. The monoisotopic (exact) mass is 373 g/mol. The number of benzene rings is 1. The van der Waals surface area contributed by atoms with E-state index in [4.69, 9.17) is 0 Å². The number of carbonyl (C=O) groups excluding carboxylic acids is 1. The van der Waals surface area contributed by atoms with Crippen molar-refractivity contribution in [1.29, 1.82) is 0 Å². The first-order valence-corrected chi connectivity index (χ1v) is 9.61. The van der Waals surface area contributed by atoms with Gasteiger partial charge >= 0.3 is 6.18 Å². The molecule has 1 amide bonds. The van der Waals surface area contributed by atoms with Crippen molar-refractivity contribution in [3.05, 3.63) is 35.4 Å². The molecule has 1 aromatic rings. The number of hydrogen-bond acceptors (Lipinski definition) is 2. The topological polar surface area (TPSA) is 20.3 Å². The first-order valence-electron chi connectivity index (χ1n) is 8.56. The summed E-state index contributed by atoms with van der Waals surface area (Å²) in [5.41, 5.74) is -0.328. The number of alkyl halides is 3. The van der Waals surface area contributed by atoms with Gasteiger partial charge in [-0.05, 0) is 29.4 Å². The third-order valence-corrected chi connectivity index (χ3v) is 5.47. The second kappa shape index (κ2) is 7.60. The molecule has 2 rings (SSSR count). The second-order valence-electron chi connectivity index (χ2n) is 7.97. The summed E-state index contributed by atoms with van der Waals surface area (Å²) in [6.07, 6.45) is -3.12. The van der Waals surface area contributed by atoms with Gasteiger partial charge < -0.3 is 4.90 Å². The average molecular weight is 373 g/mol. The van der Waals surface area contributed by atoms with Crippen LogP contribution >= 0.6 is 11.8 Å². The van der Waals surface area contributed by atoms with Crippen molar-refractivity contribution in [2.45, 2.75) is 52.1 Å². The molecule has 1 fully saturated rings. The van der Waals surface area contributed by atoms with Crippen LogP contribution in [0.4, 0.5) is 13.2 Å². The van der Waals surface area contributed by atoms with Crippen LogP contribution in [0.5, 0.6) is 0 Å². The van der Waals surface area contributed by atoms with Crippen LogP contribution in [0.15, 0.2) is 24.3 Å². The molecule has 0 bridgehead atoms. The molecule has 2 nitrogen and oxygen atoms in total. The Morgan fingerprint density at radius 1 is 1.28 bits per heavy atom. The van der Waals surface area contributed by atoms with Crippen molar-refractivity contribution < 1.29 is 18.0 Å². The zero-order valence-electron chi connectivity index (χ0n) is 15.2. The number of rotatable bonds is 4. The van der Waals surface area contributed by atoms with E-state index in [1.54, 1.807) is 11.0 Å². The van der Waals surface area contributed by atoms with Crippen LogP contribution in [0.3, 0.4) is 0 Å². The Morgan fingerprint density at radius 2 is 1.92 bits per heavy atom. The van der Waals surface area contributed by atoms with Gasteiger partial charge in [0.2, 0.25) is 5.91 Å². The van der Waals surface area contributed by atoms with E-state index in [0.717, 1.165) is 12.5 Å². The summed E-state index contributed by atoms with van der Waals surface area (Å²) in [4.78, 5) is 14.3. The van der Waals surface area contributed by atoms with E-state index in [2.05, 4.69) is 20.8 Å². The minimum Gasteiger partial charge on any atom is -0.326 e. The number of nitrogens with zero attached hydrogens (tertiary/aromatic N) is 1. The maximum absolute atomic E-state index is 13.3. The van der Waals surface area contributed by atoms with E-state index >= 15 is 0 Å². The molecule has 1 heterocycles. The predicted molar refractivity (Wildman–Crippen MR) is 96.2 cm³/mol. The molecule has 1 aliphatic heterocycles. The molecule has 0 saturated carbocycles. The van der Waals surface area contributed by atoms with Gasteiger partial charge in [0.25, 0.3) is 0 Å². The maximum Gasteiger partial charge on any atom is 0.416 e. The van der Waals surface area contributed by atoms with Crippen LogP contribution in [0, 0.1) is 11.3 Å². The van der Waals surface area contributed by atoms with Gasteiger partial charge in [-0.1, -0.05) is 45.9 Å². The third-order valence-electron chi connectivity index (χ3n) is 4.23. The van der Waals surface area contributed by atoms with Gasteiger partial charge in [0.05, 0.1) is 5.56 Å². The lowest BCUT2D eigenvalue weighted by Gasteiger charge is -2.29. The van der Waals surface area contributed by atoms with Crippen LogP contribution in [0.1, 0.15) is 57.0 Å². The van der Waals surface area contributed by atoms with Gasteiger partial charge in [0.1, 0.15) is 5.37 Å². The molecular weight excluding hydrogens is 347 g/mol. The highest BCUT2D eigenvalue weighted by molar-refractivity contribution is 7.99. The summed E-state index contributed by atoms with van der Waals surface area (Å²) in [6.45, 7) is 8.92. The fraction of sp³-hybridized carbons (Fsp3) is 0.632. The van der Waals surface area contributed by atoms with E-state index in [1.807, 2.05) is 6.92 Å². The molecule has 2 unspecified atom stereocenters. The van der Waals surface area contributed by atoms with Crippen molar-refractivity contribution in [3.63, 3.8) is 0 Å². The molecule has 2 atom stereocenters. The fourth-order valence-corrected chi connectivity index (χ4v) is 4.80. The Labute approximate surface area is 152 Å². The lowest BCUT2D eigenvalue weighted by atomic mass is 9.84. The van der Waals surface area contributed by atoms with Crippen molar-refractivity contribution in [2.24, 2.45) is 11.3 Å². The van der Waals surface area contributed by atoms with Crippen LogP contribution in [-0.4, -0.2) is 23.1 Å². The number of carbonyl (C=O) groups is 1. The molecule has 0 aromatic heterocycles. The molecule has 0 spiro atoms. The van der Waals surface area contributed by atoms with Crippen molar-refractivity contribution in [3.8, 4) is 0 Å². The number of amides is 1. The Morgan fingerprint density at radius 3 is 2.52 bits per heavy atom. The zero-order valence-corrected chi connectivity index (χ0v) is 16.0. The minimum atomic E-state index is -4.41. The van der Waals surface area contributed by atoms with Gasteiger partial charge in [-0.2, -0.15) is 13.2 Å². The molecule has 0 aliphatic carbocycles. The first kappa shape index (κ1) is 20.1. The average Bonchev–Trinajstić information content (AvgIpc) is 2.93. The van der Waals surface area contributed by atoms with Crippen LogP contribution in [-0.2, 0) is 11.0 Å².